The maximum Gasteiger partial charge on any atom is 0.337 e. The first-order chi connectivity index (χ1) is 11.6. The predicted molar refractivity (Wildman–Crippen MR) is 89.4 cm³/mol. The maximum absolute atomic E-state index is 11.2. The van der Waals surface area contributed by atoms with Crippen LogP contribution in [0.4, 0.5) is 5.69 Å². The molecule has 0 atom stereocenters. The molecule has 0 aliphatic carbocycles. The minimum Gasteiger partial charge on any atom is -0.494 e. The average molecular weight is 325 g/mol. The van der Waals surface area contributed by atoms with E-state index in [0.717, 1.165) is 5.39 Å². The fourth-order valence-electron chi connectivity index (χ4n) is 2.51. The van der Waals surface area contributed by atoms with Gasteiger partial charge in [-0.2, -0.15) is 0 Å². The number of nitrogens with two attached hydrogens (primary N) is 1. The monoisotopic (exact) mass is 325 g/mol. The Labute approximate surface area is 137 Å². The molecule has 0 spiro atoms. The second-order valence-corrected chi connectivity index (χ2v) is 5.00. The number of carboxylic acids is 1. The van der Waals surface area contributed by atoms with Crippen LogP contribution in [0.1, 0.15) is 10.4 Å². The Morgan fingerprint density at radius 3 is 2.62 bits per heavy atom. The van der Waals surface area contributed by atoms with E-state index in [4.69, 9.17) is 15.2 Å². The fourth-order valence-corrected chi connectivity index (χ4v) is 2.51. The van der Waals surface area contributed by atoms with Crippen LogP contribution < -0.4 is 15.2 Å². The summed E-state index contributed by atoms with van der Waals surface area (Å²) in [6, 6.07) is 8.52. The number of anilines is 1. The van der Waals surface area contributed by atoms with Crippen molar-refractivity contribution in [3.8, 4) is 22.9 Å². The van der Waals surface area contributed by atoms with Crippen LogP contribution in [0.25, 0.3) is 22.3 Å². The number of ether oxygens (including phenoxy) is 2. The van der Waals surface area contributed by atoms with Gasteiger partial charge in [-0.15, -0.1) is 0 Å². The van der Waals surface area contributed by atoms with Gasteiger partial charge in [0.05, 0.1) is 31.0 Å². The Kier molecular flexibility index (Phi) is 3.91. The quantitative estimate of drug-likeness (QED) is 0.710. The number of nitrogen functional groups attached to an aromatic ring is 1. The number of aromatic carboxylic acids is 1. The number of hydrogen-bond donors (Lipinski definition) is 2. The second kappa shape index (κ2) is 6.04. The van der Waals surface area contributed by atoms with Crippen molar-refractivity contribution in [3.05, 3.63) is 42.1 Å². The van der Waals surface area contributed by atoms with Crippen LogP contribution in [0.5, 0.6) is 11.5 Å². The second-order valence-electron chi connectivity index (χ2n) is 5.00. The first-order valence-electron chi connectivity index (χ1n) is 7.06. The van der Waals surface area contributed by atoms with E-state index in [-0.39, 0.29) is 17.0 Å². The van der Waals surface area contributed by atoms with Crippen molar-refractivity contribution in [2.45, 2.75) is 0 Å². The van der Waals surface area contributed by atoms with Crippen molar-refractivity contribution in [1.29, 1.82) is 0 Å². The molecule has 0 aliphatic heterocycles. The van der Waals surface area contributed by atoms with Crippen LogP contribution in [-0.4, -0.2) is 35.3 Å². The van der Waals surface area contributed by atoms with Gasteiger partial charge in [-0.3, -0.25) is 0 Å². The molecular formula is C17H15N3O4. The summed E-state index contributed by atoms with van der Waals surface area (Å²) >= 11 is 0. The number of hydrogen-bond acceptors (Lipinski definition) is 6. The van der Waals surface area contributed by atoms with E-state index in [1.54, 1.807) is 25.4 Å². The molecule has 3 rings (SSSR count). The Morgan fingerprint density at radius 2 is 1.96 bits per heavy atom. The highest BCUT2D eigenvalue weighted by Crippen LogP contribution is 2.36. The summed E-state index contributed by atoms with van der Waals surface area (Å²) in [5.41, 5.74) is 7.07. The van der Waals surface area contributed by atoms with Gasteiger partial charge in [0.1, 0.15) is 11.3 Å². The molecule has 3 aromatic rings. The van der Waals surface area contributed by atoms with Gasteiger partial charge < -0.3 is 20.3 Å². The SMILES string of the molecule is COc1c(-c2ncc3cccc(OC)c3n2)ccc(C(=O)O)c1N. The topological polar surface area (TPSA) is 108 Å². The number of methoxy groups -OCH3 is 2. The van der Waals surface area contributed by atoms with Gasteiger partial charge in [-0.25, -0.2) is 14.8 Å². The molecule has 7 nitrogen and oxygen atoms in total. The van der Waals surface area contributed by atoms with Crippen molar-refractivity contribution in [1.82, 2.24) is 9.97 Å². The predicted octanol–water partition coefficient (Wildman–Crippen LogP) is 2.59. The molecule has 0 fully saturated rings. The van der Waals surface area contributed by atoms with E-state index in [2.05, 4.69) is 9.97 Å². The van der Waals surface area contributed by atoms with Gasteiger partial charge in [0.2, 0.25) is 0 Å². The third-order valence-corrected chi connectivity index (χ3v) is 3.67. The molecule has 3 N–H and O–H groups in total. The number of carboxylic acid groups (broad SMARTS) is 1. The Bertz CT molecular complexity index is 941. The fraction of sp³-hybridized carbons (Fsp3) is 0.118. The van der Waals surface area contributed by atoms with Crippen molar-refractivity contribution < 1.29 is 19.4 Å². The summed E-state index contributed by atoms with van der Waals surface area (Å²) in [6.07, 6.45) is 1.67. The van der Waals surface area contributed by atoms with Gasteiger partial charge in [-0.1, -0.05) is 12.1 Å². The van der Waals surface area contributed by atoms with Crippen LogP contribution in [-0.2, 0) is 0 Å². The van der Waals surface area contributed by atoms with E-state index in [1.165, 1.54) is 13.2 Å². The molecule has 1 aromatic heterocycles. The summed E-state index contributed by atoms with van der Waals surface area (Å²) in [5, 5.41) is 10.00. The summed E-state index contributed by atoms with van der Waals surface area (Å²) in [5.74, 6) is 0.0836. The first kappa shape index (κ1) is 15.5. The summed E-state index contributed by atoms with van der Waals surface area (Å²) < 4.78 is 10.6. The standard InChI is InChI=1S/C17H15N3O4/c1-23-12-5-3-4-9-8-19-16(20-14(9)12)11-7-6-10(17(21)22)13(18)15(11)24-2/h3-8H,18H2,1-2H3,(H,21,22). The Morgan fingerprint density at radius 1 is 1.17 bits per heavy atom. The molecule has 0 radical (unpaired) electrons. The summed E-state index contributed by atoms with van der Waals surface area (Å²) in [6.45, 7) is 0. The molecule has 1 heterocycles. The largest absolute Gasteiger partial charge is 0.494 e. The number of benzene rings is 2. The average Bonchev–Trinajstić information content (AvgIpc) is 2.60. The van der Waals surface area contributed by atoms with E-state index >= 15 is 0 Å². The van der Waals surface area contributed by atoms with E-state index < -0.39 is 5.97 Å². The lowest BCUT2D eigenvalue weighted by molar-refractivity contribution is 0.0697. The highest BCUT2D eigenvalue weighted by molar-refractivity contribution is 5.97. The van der Waals surface area contributed by atoms with Crippen molar-refractivity contribution in [2.75, 3.05) is 20.0 Å². The molecule has 122 valence electrons. The molecule has 0 aliphatic rings. The van der Waals surface area contributed by atoms with E-state index in [9.17, 15) is 9.90 Å². The molecule has 0 bridgehead atoms. The van der Waals surface area contributed by atoms with Crippen LogP contribution in [0.2, 0.25) is 0 Å². The first-order valence-corrected chi connectivity index (χ1v) is 7.06. The van der Waals surface area contributed by atoms with Gasteiger partial charge in [0, 0.05) is 11.6 Å². The Hall–Kier alpha value is -3.35. The molecule has 0 unspecified atom stereocenters. The molecule has 2 aromatic carbocycles. The minimum absolute atomic E-state index is 0.0334. The maximum atomic E-state index is 11.2. The van der Waals surface area contributed by atoms with Gasteiger partial charge in [-0.05, 0) is 18.2 Å². The number of rotatable bonds is 4. The van der Waals surface area contributed by atoms with Crippen LogP contribution in [0.15, 0.2) is 36.5 Å². The summed E-state index contributed by atoms with van der Waals surface area (Å²) in [4.78, 5) is 20.1. The van der Waals surface area contributed by atoms with Crippen molar-refractivity contribution in [3.63, 3.8) is 0 Å². The zero-order valence-corrected chi connectivity index (χ0v) is 13.1. The zero-order chi connectivity index (χ0) is 17.3. The zero-order valence-electron chi connectivity index (χ0n) is 13.1. The normalized spacial score (nSPS) is 10.6. The number of fused-ring (bicyclic) bond motifs is 1. The van der Waals surface area contributed by atoms with Crippen molar-refractivity contribution in [2.24, 2.45) is 0 Å². The third-order valence-electron chi connectivity index (χ3n) is 3.67. The lowest BCUT2D eigenvalue weighted by atomic mass is 10.1. The van der Waals surface area contributed by atoms with Crippen LogP contribution in [0.3, 0.4) is 0 Å². The molecular weight excluding hydrogens is 310 g/mol. The summed E-state index contributed by atoms with van der Waals surface area (Å²) in [7, 11) is 2.99. The minimum atomic E-state index is -1.13. The number of para-hydroxylation sites is 1. The number of carbonyl (C=O) groups is 1. The molecule has 0 saturated carbocycles. The van der Waals surface area contributed by atoms with Crippen LogP contribution in [0, 0.1) is 0 Å². The molecule has 7 heteroatoms. The molecule has 24 heavy (non-hydrogen) atoms. The van der Waals surface area contributed by atoms with Gasteiger partial charge >= 0.3 is 5.97 Å². The molecule has 0 saturated heterocycles. The lowest BCUT2D eigenvalue weighted by Crippen LogP contribution is -2.06. The highest BCUT2D eigenvalue weighted by atomic mass is 16.5. The van der Waals surface area contributed by atoms with Crippen molar-refractivity contribution >= 4 is 22.6 Å². The third kappa shape index (κ3) is 2.45. The van der Waals surface area contributed by atoms with Gasteiger partial charge in [0.25, 0.3) is 0 Å². The lowest BCUT2D eigenvalue weighted by Gasteiger charge is -2.13. The molecule has 0 amide bonds. The smallest absolute Gasteiger partial charge is 0.337 e. The van der Waals surface area contributed by atoms with E-state index in [1.807, 2.05) is 12.1 Å². The number of nitrogens with zero attached hydrogens (tertiary/aromatic N) is 2. The number of aromatic nitrogens is 2. The van der Waals surface area contributed by atoms with Crippen LogP contribution >= 0.6 is 0 Å². The Balaban J connectivity index is 2.24. The van der Waals surface area contributed by atoms with Gasteiger partial charge in [0.15, 0.2) is 11.6 Å². The highest BCUT2D eigenvalue weighted by Gasteiger charge is 2.19. The van der Waals surface area contributed by atoms with E-state index in [0.29, 0.717) is 22.7 Å².